The number of rotatable bonds is 4. The van der Waals surface area contributed by atoms with E-state index < -0.39 is 0 Å². The van der Waals surface area contributed by atoms with Crippen molar-refractivity contribution in [1.29, 1.82) is 0 Å². The van der Waals surface area contributed by atoms with Crippen LogP contribution in [0.15, 0.2) is 65.7 Å². The number of carbonyl (C=O) groups is 1. The van der Waals surface area contributed by atoms with Crippen LogP contribution in [0.2, 0.25) is 0 Å². The van der Waals surface area contributed by atoms with Crippen LogP contribution in [0.4, 0.5) is 0 Å². The average molecular weight is 344 g/mol. The summed E-state index contributed by atoms with van der Waals surface area (Å²) in [6, 6.07) is 11.6. The molecule has 0 spiro atoms. The molecule has 0 N–H and O–H groups in total. The van der Waals surface area contributed by atoms with Crippen molar-refractivity contribution in [1.82, 2.24) is 19.3 Å². The number of nitrogens with zero attached hydrogens (tertiary/aromatic N) is 4. The smallest absolute Gasteiger partial charge is 0.254 e. The third-order valence-corrected chi connectivity index (χ3v) is 4.76. The van der Waals surface area contributed by atoms with Gasteiger partial charge in [0.25, 0.3) is 5.91 Å². The van der Waals surface area contributed by atoms with Crippen molar-refractivity contribution in [3.63, 3.8) is 0 Å². The average Bonchev–Trinajstić information content (AvgIpc) is 3.39. The Morgan fingerprint density at radius 3 is 2.88 bits per heavy atom. The first-order valence-corrected chi connectivity index (χ1v) is 8.53. The van der Waals surface area contributed by atoms with Crippen LogP contribution in [0.1, 0.15) is 21.6 Å². The van der Waals surface area contributed by atoms with Crippen LogP contribution >= 0.6 is 0 Å². The van der Waals surface area contributed by atoms with E-state index in [1.165, 1.54) is 0 Å². The third-order valence-electron chi connectivity index (χ3n) is 4.76. The second-order valence-electron chi connectivity index (χ2n) is 6.34. The van der Waals surface area contributed by atoms with Gasteiger partial charge in [-0.25, -0.2) is 9.97 Å². The Morgan fingerprint density at radius 1 is 1.12 bits per heavy atom. The van der Waals surface area contributed by atoms with Gasteiger partial charge in [-0.1, -0.05) is 12.1 Å². The largest absolute Gasteiger partial charge is 0.445 e. The summed E-state index contributed by atoms with van der Waals surface area (Å²) < 4.78 is 7.42. The summed E-state index contributed by atoms with van der Waals surface area (Å²) in [6.45, 7) is 1.20. The predicted octanol–water partition coefficient (Wildman–Crippen LogP) is 3.19. The molecular weight excluding hydrogens is 328 g/mol. The normalized spacial score (nSPS) is 13.5. The molecule has 0 atom stereocenters. The number of oxazole rings is 1. The molecule has 0 unspecified atom stereocenters. The number of hydrogen-bond donors (Lipinski definition) is 0. The van der Waals surface area contributed by atoms with Crippen LogP contribution in [-0.4, -0.2) is 31.7 Å². The highest BCUT2D eigenvalue weighted by Gasteiger charge is 2.30. The molecule has 0 fully saturated rings. The van der Waals surface area contributed by atoms with E-state index in [0.29, 0.717) is 19.0 Å². The van der Waals surface area contributed by atoms with Gasteiger partial charge in [-0.15, -0.1) is 0 Å². The Balaban J connectivity index is 1.38. The zero-order valence-corrected chi connectivity index (χ0v) is 14.0. The maximum atomic E-state index is 12.8. The number of pyridine rings is 1. The van der Waals surface area contributed by atoms with Crippen LogP contribution in [0, 0.1) is 0 Å². The SMILES string of the molecule is O=C1c2cccc(-c3ncco3)c2CN1CCc1cn2ccccc2n1. The number of imidazole rings is 1. The quantitative estimate of drug-likeness (QED) is 0.570. The van der Waals surface area contributed by atoms with Gasteiger partial charge >= 0.3 is 0 Å². The molecule has 0 saturated carbocycles. The maximum Gasteiger partial charge on any atom is 0.254 e. The monoisotopic (exact) mass is 344 g/mol. The van der Waals surface area contributed by atoms with Crippen molar-refractivity contribution in [2.24, 2.45) is 0 Å². The van der Waals surface area contributed by atoms with Crippen LogP contribution < -0.4 is 0 Å². The van der Waals surface area contributed by atoms with Gasteiger partial charge in [0.1, 0.15) is 11.9 Å². The third kappa shape index (κ3) is 2.38. The lowest BCUT2D eigenvalue weighted by molar-refractivity contribution is 0.0780. The van der Waals surface area contributed by atoms with E-state index in [9.17, 15) is 4.79 Å². The van der Waals surface area contributed by atoms with Gasteiger partial charge in [-0.05, 0) is 29.8 Å². The number of fused-ring (bicyclic) bond motifs is 2. The first-order chi connectivity index (χ1) is 12.8. The van der Waals surface area contributed by atoms with Crippen molar-refractivity contribution >= 4 is 11.6 Å². The maximum absolute atomic E-state index is 12.8. The fraction of sp³-hybridized carbons (Fsp3) is 0.150. The Labute approximate surface area is 149 Å². The molecule has 4 heterocycles. The highest BCUT2D eigenvalue weighted by molar-refractivity contribution is 6.00. The minimum atomic E-state index is 0.0529. The molecule has 6 nitrogen and oxygen atoms in total. The highest BCUT2D eigenvalue weighted by atomic mass is 16.3. The number of aromatic nitrogens is 3. The summed E-state index contributed by atoms with van der Waals surface area (Å²) >= 11 is 0. The lowest BCUT2D eigenvalue weighted by Gasteiger charge is -2.14. The zero-order valence-electron chi connectivity index (χ0n) is 14.0. The van der Waals surface area contributed by atoms with Crippen molar-refractivity contribution in [3.05, 3.63) is 78.1 Å². The molecule has 128 valence electrons. The lowest BCUT2D eigenvalue weighted by atomic mass is 10.0. The fourth-order valence-electron chi connectivity index (χ4n) is 3.49. The van der Waals surface area contributed by atoms with Crippen LogP contribution in [0.25, 0.3) is 17.1 Å². The van der Waals surface area contributed by atoms with E-state index in [2.05, 4.69) is 9.97 Å². The molecule has 0 aliphatic carbocycles. The zero-order chi connectivity index (χ0) is 17.5. The van der Waals surface area contributed by atoms with Crippen molar-refractivity contribution < 1.29 is 9.21 Å². The van der Waals surface area contributed by atoms with Gasteiger partial charge in [-0.2, -0.15) is 0 Å². The topological polar surface area (TPSA) is 63.6 Å². The van der Waals surface area contributed by atoms with E-state index in [4.69, 9.17) is 4.42 Å². The molecule has 5 rings (SSSR count). The predicted molar refractivity (Wildman–Crippen MR) is 95.6 cm³/mol. The van der Waals surface area contributed by atoms with Gasteiger partial charge in [0.05, 0.1) is 11.9 Å². The second kappa shape index (κ2) is 5.84. The molecule has 1 aliphatic heterocycles. The molecule has 0 saturated heterocycles. The summed E-state index contributed by atoms with van der Waals surface area (Å²) in [5.74, 6) is 0.606. The molecule has 6 heteroatoms. The minimum Gasteiger partial charge on any atom is -0.445 e. The summed E-state index contributed by atoms with van der Waals surface area (Å²) in [4.78, 5) is 23.5. The first kappa shape index (κ1) is 14.9. The Kier molecular flexibility index (Phi) is 3.35. The number of amides is 1. The Hall–Kier alpha value is -3.41. The van der Waals surface area contributed by atoms with E-state index in [1.54, 1.807) is 12.5 Å². The molecule has 4 aromatic rings. The molecule has 0 radical (unpaired) electrons. The van der Waals surface area contributed by atoms with Crippen LogP contribution in [-0.2, 0) is 13.0 Å². The standard InChI is InChI=1S/C20H16N4O2/c25-20-16-5-3-4-15(19-21-8-11-26-19)17(16)13-24(20)10-7-14-12-23-9-2-1-6-18(23)22-14/h1-6,8-9,11-12H,7,10,13H2. The molecule has 26 heavy (non-hydrogen) atoms. The molecule has 0 bridgehead atoms. The molecular formula is C20H16N4O2. The summed E-state index contributed by atoms with van der Waals surface area (Å²) in [6.07, 6.45) is 7.88. The summed E-state index contributed by atoms with van der Waals surface area (Å²) in [5.41, 5.74) is 4.50. The Bertz CT molecular complexity index is 1070. The molecule has 1 aromatic carbocycles. The molecule has 3 aromatic heterocycles. The van der Waals surface area contributed by atoms with Crippen molar-refractivity contribution in [3.8, 4) is 11.5 Å². The van der Waals surface area contributed by atoms with Gasteiger partial charge in [-0.3, -0.25) is 4.79 Å². The van der Waals surface area contributed by atoms with Crippen LogP contribution in [0.5, 0.6) is 0 Å². The fourth-order valence-corrected chi connectivity index (χ4v) is 3.49. The van der Waals surface area contributed by atoms with E-state index in [1.807, 2.05) is 58.1 Å². The Morgan fingerprint density at radius 2 is 2.04 bits per heavy atom. The lowest BCUT2D eigenvalue weighted by Crippen LogP contribution is -2.26. The molecule has 1 aliphatic rings. The minimum absolute atomic E-state index is 0.0529. The summed E-state index contributed by atoms with van der Waals surface area (Å²) in [7, 11) is 0. The highest BCUT2D eigenvalue weighted by Crippen LogP contribution is 2.31. The number of hydrogen-bond acceptors (Lipinski definition) is 4. The second-order valence-corrected chi connectivity index (χ2v) is 6.34. The van der Waals surface area contributed by atoms with Crippen molar-refractivity contribution in [2.75, 3.05) is 6.54 Å². The van der Waals surface area contributed by atoms with Crippen molar-refractivity contribution in [2.45, 2.75) is 13.0 Å². The van der Waals surface area contributed by atoms with E-state index in [-0.39, 0.29) is 5.91 Å². The van der Waals surface area contributed by atoms with Gasteiger partial charge in [0.15, 0.2) is 0 Å². The van der Waals surface area contributed by atoms with E-state index in [0.717, 1.165) is 34.5 Å². The van der Waals surface area contributed by atoms with E-state index >= 15 is 0 Å². The molecule has 1 amide bonds. The van der Waals surface area contributed by atoms with Gasteiger partial charge in [0, 0.05) is 43.0 Å². The first-order valence-electron chi connectivity index (χ1n) is 8.53. The number of benzene rings is 1. The van der Waals surface area contributed by atoms with Gasteiger partial charge in [0.2, 0.25) is 5.89 Å². The van der Waals surface area contributed by atoms with Gasteiger partial charge < -0.3 is 13.7 Å². The van der Waals surface area contributed by atoms with Crippen LogP contribution in [0.3, 0.4) is 0 Å². The number of carbonyl (C=O) groups excluding carboxylic acids is 1. The summed E-state index contributed by atoms with van der Waals surface area (Å²) in [5, 5.41) is 0.